The van der Waals surface area contributed by atoms with Gasteiger partial charge >= 0.3 is 0 Å². The predicted molar refractivity (Wildman–Crippen MR) is 90.4 cm³/mol. The zero-order valence-corrected chi connectivity index (χ0v) is 13.8. The first-order valence-corrected chi connectivity index (χ1v) is 8.16. The Hall–Kier alpha value is -1.33. The lowest BCUT2D eigenvalue weighted by Gasteiger charge is -2.11. The monoisotopic (exact) mass is 351 g/mol. The molecule has 5 heteroatoms. The Morgan fingerprint density at radius 2 is 2.05 bits per heavy atom. The Morgan fingerprint density at radius 1 is 1.25 bits per heavy atom. The summed E-state index contributed by atoms with van der Waals surface area (Å²) in [5.74, 6) is 0.838. The Bertz CT molecular complexity index is 551. The van der Waals surface area contributed by atoms with Gasteiger partial charge in [-0.25, -0.2) is 0 Å². The van der Waals surface area contributed by atoms with Crippen molar-refractivity contribution in [3.05, 3.63) is 56.7 Å². The summed E-state index contributed by atoms with van der Waals surface area (Å²) in [6.45, 7) is 1.67. The van der Waals surface area contributed by atoms with Crippen LogP contribution in [0.15, 0.2) is 51.2 Å². The van der Waals surface area contributed by atoms with Crippen LogP contribution in [0.5, 0.6) is 0 Å². The molecular formula is C15H18BrN3S. The summed E-state index contributed by atoms with van der Waals surface area (Å²) in [5.41, 5.74) is 1.33. The zero-order chi connectivity index (χ0) is 14.2. The van der Waals surface area contributed by atoms with Crippen molar-refractivity contribution in [2.24, 2.45) is 4.99 Å². The maximum atomic E-state index is 4.23. The van der Waals surface area contributed by atoms with Crippen LogP contribution < -0.4 is 10.6 Å². The van der Waals surface area contributed by atoms with Gasteiger partial charge < -0.3 is 10.6 Å². The van der Waals surface area contributed by atoms with Crippen LogP contribution in [-0.2, 0) is 13.0 Å². The number of hydrogen-bond acceptors (Lipinski definition) is 2. The first-order valence-electron chi connectivity index (χ1n) is 6.49. The summed E-state index contributed by atoms with van der Waals surface area (Å²) in [7, 11) is 1.79. The van der Waals surface area contributed by atoms with Crippen LogP contribution in [0.1, 0.15) is 10.4 Å². The molecular weight excluding hydrogens is 334 g/mol. The van der Waals surface area contributed by atoms with Crippen molar-refractivity contribution in [3.63, 3.8) is 0 Å². The average molecular weight is 352 g/mol. The largest absolute Gasteiger partial charge is 0.356 e. The molecule has 20 heavy (non-hydrogen) atoms. The zero-order valence-electron chi connectivity index (χ0n) is 11.4. The molecule has 3 nitrogen and oxygen atoms in total. The fraction of sp³-hybridized carbons (Fsp3) is 0.267. The molecule has 0 radical (unpaired) electrons. The molecule has 0 aliphatic carbocycles. The standard InChI is InChI=1S/C15H18BrN3S/c1-17-15(19-10-14-9-13(16)11-20-14)18-8-7-12-5-3-2-4-6-12/h2-6,9,11H,7-8,10H2,1H3,(H2,17,18,19). The van der Waals surface area contributed by atoms with Gasteiger partial charge in [-0.3, -0.25) is 4.99 Å². The SMILES string of the molecule is CN=C(NCCc1ccccc1)NCc1cc(Br)cs1. The van der Waals surface area contributed by atoms with Gasteiger partial charge in [0.15, 0.2) is 5.96 Å². The van der Waals surface area contributed by atoms with E-state index in [9.17, 15) is 0 Å². The highest BCUT2D eigenvalue weighted by atomic mass is 79.9. The molecule has 0 saturated carbocycles. The van der Waals surface area contributed by atoms with E-state index >= 15 is 0 Å². The minimum atomic E-state index is 0.793. The summed E-state index contributed by atoms with van der Waals surface area (Å²) < 4.78 is 1.13. The summed E-state index contributed by atoms with van der Waals surface area (Å²) in [6, 6.07) is 12.6. The van der Waals surface area contributed by atoms with Crippen molar-refractivity contribution in [1.82, 2.24) is 10.6 Å². The Labute approximate surface area is 132 Å². The van der Waals surface area contributed by atoms with Crippen molar-refractivity contribution in [2.75, 3.05) is 13.6 Å². The molecule has 1 heterocycles. The highest BCUT2D eigenvalue weighted by Crippen LogP contribution is 2.19. The van der Waals surface area contributed by atoms with E-state index in [1.54, 1.807) is 18.4 Å². The number of thiophene rings is 1. The quantitative estimate of drug-likeness (QED) is 0.639. The molecule has 0 spiro atoms. The van der Waals surface area contributed by atoms with E-state index in [1.165, 1.54) is 10.4 Å². The van der Waals surface area contributed by atoms with Gasteiger partial charge in [-0.05, 0) is 34.0 Å². The smallest absolute Gasteiger partial charge is 0.191 e. The molecule has 2 N–H and O–H groups in total. The van der Waals surface area contributed by atoms with Crippen molar-refractivity contribution >= 4 is 33.2 Å². The lowest BCUT2D eigenvalue weighted by atomic mass is 10.1. The summed E-state index contributed by atoms with van der Waals surface area (Å²) in [4.78, 5) is 5.51. The van der Waals surface area contributed by atoms with Crippen molar-refractivity contribution in [1.29, 1.82) is 0 Å². The number of aliphatic imine (C=N–C) groups is 1. The lowest BCUT2D eigenvalue weighted by Crippen LogP contribution is -2.37. The van der Waals surface area contributed by atoms with Gasteiger partial charge in [0.2, 0.25) is 0 Å². The van der Waals surface area contributed by atoms with E-state index in [1.807, 2.05) is 6.07 Å². The van der Waals surface area contributed by atoms with E-state index in [-0.39, 0.29) is 0 Å². The Morgan fingerprint density at radius 3 is 2.70 bits per heavy atom. The van der Waals surface area contributed by atoms with Crippen LogP contribution in [0.25, 0.3) is 0 Å². The highest BCUT2D eigenvalue weighted by Gasteiger charge is 2.00. The van der Waals surface area contributed by atoms with Crippen LogP contribution >= 0.6 is 27.3 Å². The fourth-order valence-corrected chi connectivity index (χ4v) is 3.20. The highest BCUT2D eigenvalue weighted by molar-refractivity contribution is 9.10. The lowest BCUT2D eigenvalue weighted by molar-refractivity contribution is 0.799. The third-order valence-corrected chi connectivity index (χ3v) is 4.52. The van der Waals surface area contributed by atoms with E-state index in [0.717, 1.165) is 29.9 Å². The molecule has 0 unspecified atom stereocenters. The molecule has 0 aliphatic rings. The van der Waals surface area contributed by atoms with Crippen LogP contribution in [0.2, 0.25) is 0 Å². The van der Waals surface area contributed by atoms with Gasteiger partial charge in [0, 0.05) is 28.3 Å². The number of nitrogens with zero attached hydrogens (tertiary/aromatic N) is 1. The van der Waals surface area contributed by atoms with Crippen molar-refractivity contribution < 1.29 is 0 Å². The third kappa shape index (κ3) is 4.98. The van der Waals surface area contributed by atoms with Gasteiger partial charge in [0.25, 0.3) is 0 Å². The molecule has 2 rings (SSSR count). The second-order valence-electron chi connectivity index (χ2n) is 4.32. The minimum Gasteiger partial charge on any atom is -0.356 e. The first-order chi connectivity index (χ1) is 9.78. The molecule has 1 aromatic carbocycles. The average Bonchev–Trinajstić information content (AvgIpc) is 2.89. The topological polar surface area (TPSA) is 36.4 Å². The predicted octanol–water partition coefficient (Wildman–Crippen LogP) is 3.42. The van der Waals surface area contributed by atoms with Crippen molar-refractivity contribution in [2.45, 2.75) is 13.0 Å². The molecule has 0 atom stereocenters. The van der Waals surface area contributed by atoms with Gasteiger partial charge in [0.05, 0.1) is 6.54 Å². The molecule has 0 saturated heterocycles. The Balaban J connectivity index is 1.73. The van der Waals surface area contributed by atoms with Crippen molar-refractivity contribution in [3.8, 4) is 0 Å². The normalized spacial score (nSPS) is 11.4. The maximum Gasteiger partial charge on any atom is 0.191 e. The number of hydrogen-bond donors (Lipinski definition) is 2. The number of benzene rings is 1. The summed E-state index contributed by atoms with van der Waals surface area (Å²) in [6.07, 6.45) is 0.992. The second kappa shape index (κ2) is 8.07. The minimum absolute atomic E-state index is 0.793. The summed E-state index contributed by atoms with van der Waals surface area (Å²) in [5, 5.41) is 8.73. The number of nitrogens with one attached hydrogen (secondary N) is 2. The first kappa shape index (κ1) is 15.1. The van der Waals surface area contributed by atoms with Crippen LogP contribution in [0.4, 0.5) is 0 Å². The molecule has 2 aromatic rings. The molecule has 0 fully saturated rings. The fourth-order valence-electron chi connectivity index (χ4n) is 1.81. The van der Waals surface area contributed by atoms with Crippen LogP contribution in [0, 0.1) is 0 Å². The maximum absolute atomic E-state index is 4.23. The molecule has 0 aliphatic heterocycles. The van der Waals surface area contributed by atoms with E-state index in [2.05, 4.69) is 67.3 Å². The molecule has 0 amide bonds. The third-order valence-electron chi connectivity index (χ3n) is 2.82. The Kier molecular flexibility index (Phi) is 6.08. The van der Waals surface area contributed by atoms with E-state index in [4.69, 9.17) is 0 Å². The molecule has 1 aromatic heterocycles. The second-order valence-corrected chi connectivity index (χ2v) is 6.23. The van der Waals surface area contributed by atoms with Crippen LogP contribution in [0.3, 0.4) is 0 Å². The van der Waals surface area contributed by atoms with Gasteiger partial charge in [0.1, 0.15) is 0 Å². The van der Waals surface area contributed by atoms with E-state index < -0.39 is 0 Å². The number of guanidine groups is 1. The molecule has 0 bridgehead atoms. The van der Waals surface area contributed by atoms with Gasteiger partial charge in [-0.15, -0.1) is 11.3 Å². The van der Waals surface area contributed by atoms with E-state index in [0.29, 0.717) is 0 Å². The van der Waals surface area contributed by atoms with Gasteiger partial charge in [-0.1, -0.05) is 30.3 Å². The summed E-state index contributed by atoms with van der Waals surface area (Å²) >= 11 is 5.19. The van der Waals surface area contributed by atoms with Crippen LogP contribution in [-0.4, -0.2) is 19.6 Å². The number of rotatable bonds is 5. The molecule has 106 valence electrons. The number of halogens is 1. The van der Waals surface area contributed by atoms with Gasteiger partial charge in [-0.2, -0.15) is 0 Å².